The summed E-state index contributed by atoms with van der Waals surface area (Å²) in [5.41, 5.74) is 0.438. The number of aromatic nitrogens is 1. The van der Waals surface area contributed by atoms with Crippen LogP contribution >= 0.6 is 11.6 Å². The maximum atomic E-state index is 13.3. The van der Waals surface area contributed by atoms with Crippen LogP contribution in [0.2, 0.25) is 5.02 Å². The molecular weight excluding hydrogens is 362 g/mol. The second-order valence-electron chi connectivity index (χ2n) is 7.55. The lowest BCUT2D eigenvalue weighted by atomic mass is 9.97. The average Bonchev–Trinajstić information content (AvgIpc) is 2.81. The molecule has 2 aromatic rings. The Morgan fingerprint density at radius 1 is 1.16 bits per heavy atom. The Balaban J connectivity index is 2.13. The molecule has 1 aromatic heterocycles. The normalized spacial score (nSPS) is 18.6. The third kappa shape index (κ3) is 3.56. The number of sulfonamides is 1. The first kappa shape index (κ1) is 18.6. The lowest BCUT2D eigenvalue weighted by molar-refractivity contribution is 0.347. The molecule has 0 N–H and O–H groups in total. The van der Waals surface area contributed by atoms with Crippen molar-refractivity contribution in [3.8, 4) is 0 Å². The van der Waals surface area contributed by atoms with Gasteiger partial charge < -0.3 is 9.32 Å². The topological polar surface area (TPSA) is 66.7 Å². The maximum Gasteiger partial charge on any atom is 0.248 e. The first-order valence-corrected chi connectivity index (χ1v) is 10.2. The molecule has 1 aliphatic heterocycles. The number of benzene rings is 1. The molecule has 0 unspecified atom stereocenters. The first-order chi connectivity index (χ1) is 11.6. The monoisotopic (exact) mass is 385 g/mol. The van der Waals surface area contributed by atoms with E-state index in [0.717, 1.165) is 13.0 Å². The summed E-state index contributed by atoms with van der Waals surface area (Å²) < 4.78 is 33.9. The highest BCUT2D eigenvalue weighted by Gasteiger charge is 2.33. The molecule has 1 saturated heterocycles. The molecule has 1 aliphatic rings. The zero-order valence-electron chi connectivity index (χ0n) is 15.0. The number of fused-ring (bicyclic) bond motifs is 1. The van der Waals surface area contributed by atoms with E-state index in [0.29, 0.717) is 31.0 Å². The standard InChI is InChI=1S/C17H24ClN3O3S/c1-17(2,3)16-19-13-7-6-12(18)15(14(13)24-16)25(22,23)21-9-5-8-20(4)10-11-21/h6-7H,5,8-11H2,1-4H3. The molecule has 2 heterocycles. The van der Waals surface area contributed by atoms with Crippen molar-refractivity contribution in [2.45, 2.75) is 37.5 Å². The average molecular weight is 386 g/mol. The molecule has 1 fully saturated rings. The van der Waals surface area contributed by atoms with E-state index < -0.39 is 10.0 Å². The van der Waals surface area contributed by atoms with Crippen LogP contribution in [0.15, 0.2) is 21.4 Å². The molecular formula is C17H24ClN3O3S. The number of hydrogen-bond acceptors (Lipinski definition) is 5. The maximum absolute atomic E-state index is 13.3. The van der Waals surface area contributed by atoms with Crippen LogP contribution in [0.25, 0.3) is 11.1 Å². The van der Waals surface area contributed by atoms with Gasteiger partial charge in [-0.2, -0.15) is 4.31 Å². The minimum atomic E-state index is -3.76. The molecule has 0 bridgehead atoms. The van der Waals surface area contributed by atoms with Crippen LogP contribution < -0.4 is 0 Å². The highest BCUT2D eigenvalue weighted by Crippen LogP contribution is 2.35. The molecule has 1 aromatic carbocycles. The zero-order valence-corrected chi connectivity index (χ0v) is 16.6. The molecule has 0 spiro atoms. The van der Waals surface area contributed by atoms with Crippen molar-refractivity contribution >= 4 is 32.7 Å². The van der Waals surface area contributed by atoms with Gasteiger partial charge in [-0.3, -0.25) is 0 Å². The van der Waals surface area contributed by atoms with Gasteiger partial charge in [-0.1, -0.05) is 32.4 Å². The second-order valence-corrected chi connectivity index (χ2v) is 9.84. The number of hydrogen-bond donors (Lipinski definition) is 0. The SMILES string of the molecule is CN1CCCN(S(=O)(=O)c2c(Cl)ccc3nc(C(C)(C)C)oc23)CC1. The summed E-state index contributed by atoms with van der Waals surface area (Å²) in [6.07, 6.45) is 0.785. The van der Waals surface area contributed by atoms with Gasteiger partial charge in [0.1, 0.15) is 10.4 Å². The number of rotatable bonds is 2. The van der Waals surface area contributed by atoms with Crippen LogP contribution in [-0.2, 0) is 15.4 Å². The van der Waals surface area contributed by atoms with Crippen molar-refractivity contribution < 1.29 is 12.8 Å². The van der Waals surface area contributed by atoms with Crippen LogP contribution in [0.4, 0.5) is 0 Å². The van der Waals surface area contributed by atoms with Crippen LogP contribution in [0, 0.1) is 0 Å². The molecule has 0 radical (unpaired) electrons. The fraction of sp³-hybridized carbons (Fsp3) is 0.588. The third-order valence-electron chi connectivity index (χ3n) is 4.38. The van der Waals surface area contributed by atoms with Gasteiger partial charge in [-0.15, -0.1) is 0 Å². The van der Waals surface area contributed by atoms with Gasteiger partial charge in [0.05, 0.1) is 5.02 Å². The minimum Gasteiger partial charge on any atom is -0.439 e. The zero-order chi connectivity index (χ0) is 18.4. The Morgan fingerprint density at radius 2 is 1.88 bits per heavy atom. The molecule has 0 atom stereocenters. The van der Waals surface area contributed by atoms with Crippen molar-refractivity contribution in [1.29, 1.82) is 0 Å². The van der Waals surface area contributed by atoms with Crippen molar-refractivity contribution in [3.63, 3.8) is 0 Å². The fourth-order valence-electron chi connectivity index (χ4n) is 2.90. The summed E-state index contributed by atoms with van der Waals surface area (Å²) in [7, 11) is -1.76. The lowest BCUT2D eigenvalue weighted by Crippen LogP contribution is -2.34. The van der Waals surface area contributed by atoms with Gasteiger partial charge in [0.15, 0.2) is 5.58 Å². The van der Waals surface area contributed by atoms with Crippen molar-refractivity contribution in [2.24, 2.45) is 0 Å². The highest BCUT2D eigenvalue weighted by molar-refractivity contribution is 7.89. The van der Waals surface area contributed by atoms with Crippen molar-refractivity contribution in [3.05, 3.63) is 23.0 Å². The molecule has 138 valence electrons. The summed E-state index contributed by atoms with van der Waals surface area (Å²) in [5, 5.41) is 0.168. The van der Waals surface area contributed by atoms with E-state index in [1.54, 1.807) is 12.1 Å². The quantitative estimate of drug-likeness (QED) is 0.794. The van der Waals surface area contributed by atoms with E-state index in [-0.39, 0.29) is 20.9 Å². The molecule has 0 saturated carbocycles. The Morgan fingerprint density at radius 3 is 2.56 bits per heavy atom. The Labute approximate surface area is 153 Å². The number of oxazole rings is 1. The molecule has 0 amide bonds. The van der Waals surface area contributed by atoms with Gasteiger partial charge in [0, 0.05) is 25.0 Å². The van der Waals surface area contributed by atoms with E-state index in [1.807, 2.05) is 27.8 Å². The third-order valence-corrected chi connectivity index (χ3v) is 6.78. The minimum absolute atomic E-state index is 0.0271. The highest BCUT2D eigenvalue weighted by atomic mass is 35.5. The van der Waals surface area contributed by atoms with Gasteiger partial charge >= 0.3 is 0 Å². The second kappa shape index (κ2) is 6.54. The smallest absolute Gasteiger partial charge is 0.248 e. The van der Waals surface area contributed by atoms with E-state index >= 15 is 0 Å². The summed E-state index contributed by atoms with van der Waals surface area (Å²) in [5.74, 6) is 0.497. The summed E-state index contributed by atoms with van der Waals surface area (Å²) >= 11 is 6.30. The Hall–Kier alpha value is -1.15. The summed E-state index contributed by atoms with van der Waals surface area (Å²) in [6, 6.07) is 3.28. The number of likely N-dealkylation sites (N-methyl/N-ethyl adjacent to an activating group) is 1. The number of nitrogens with zero attached hydrogens (tertiary/aromatic N) is 3. The van der Waals surface area contributed by atoms with Crippen LogP contribution in [-0.4, -0.2) is 55.8 Å². The summed E-state index contributed by atoms with van der Waals surface area (Å²) in [6.45, 7) is 8.39. The van der Waals surface area contributed by atoms with Gasteiger partial charge in [0.2, 0.25) is 15.9 Å². The van der Waals surface area contributed by atoms with E-state index in [2.05, 4.69) is 9.88 Å². The largest absolute Gasteiger partial charge is 0.439 e. The Bertz CT molecular complexity index is 886. The van der Waals surface area contributed by atoms with Gasteiger partial charge in [-0.05, 0) is 32.1 Å². The number of halogens is 1. The predicted molar refractivity (Wildman–Crippen MR) is 98.6 cm³/mol. The van der Waals surface area contributed by atoms with Crippen LogP contribution in [0.3, 0.4) is 0 Å². The van der Waals surface area contributed by atoms with E-state index in [1.165, 1.54) is 4.31 Å². The lowest BCUT2D eigenvalue weighted by Gasteiger charge is -2.20. The van der Waals surface area contributed by atoms with Crippen LogP contribution in [0.5, 0.6) is 0 Å². The molecule has 0 aliphatic carbocycles. The van der Waals surface area contributed by atoms with Crippen molar-refractivity contribution in [1.82, 2.24) is 14.2 Å². The molecule has 8 heteroatoms. The molecule has 25 heavy (non-hydrogen) atoms. The molecule has 3 rings (SSSR count). The van der Waals surface area contributed by atoms with Crippen LogP contribution in [0.1, 0.15) is 33.1 Å². The first-order valence-electron chi connectivity index (χ1n) is 8.39. The van der Waals surface area contributed by atoms with Gasteiger partial charge in [-0.25, -0.2) is 13.4 Å². The fourth-order valence-corrected chi connectivity index (χ4v) is 4.98. The Kier molecular flexibility index (Phi) is 4.87. The van der Waals surface area contributed by atoms with E-state index in [4.69, 9.17) is 16.0 Å². The summed E-state index contributed by atoms with van der Waals surface area (Å²) in [4.78, 5) is 6.61. The van der Waals surface area contributed by atoms with E-state index in [9.17, 15) is 8.42 Å². The van der Waals surface area contributed by atoms with Gasteiger partial charge in [0.25, 0.3) is 0 Å². The molecule has 6 nitrogen and oxygen atoms in total. The predicted octanol–water partition coefficient (Wildman–Crippen LogP) is 3.10. The van der Waals surface area contributed by atoms with Crippen molar-refractivity contribution in [2.75, 3.05) is 33.2 Å².